The predicted octanol–water partition coefficient (Wildman–Crippen LogP) is 2.00. The van der Waals surface area contributed by atoms with Crippen molar-refractivity contribution in [3.63, 3.8) is 0 Å². The molecule has 0 spiro atoms. The summed E-state index contributed by atoms with van der Waals surface area (Å²) in [6, 6.07) is 1.93. The number of rotatable bonds is 1. The van der Waals surface area contributed by atoms with Crippen LogP contribution in [0.15, 0.2) is 12.3 Å². The van der Waals surface area contributed by atoms with Gasteiger partial charge in [-0.05, 0) is 41.1 Å². The van der Waals surface area contributed by atoms with E-state index in [0.717, 1.165) is 15.0 Å². The Balaban J connectivity index is 3.17. The average Bonchev–Trinajstić information content (AvgIpc) is 1.88. The van der Waals surface area contributed by atoms with Crippen LogP contribution in [-0.4, -0.2) is 12.1 Å². The fraction of sp³-hybridized carbons (Fsp3) is 0.286. The van der Waals surface area contributed by atoms with E-state index in [9.17, 15) is 0 Å². The molecule has 0 aliphatic rings. The van der Waals surface area contributed by atoms with Gasteiger partial charge in [-0.2, -0.15) is 0 Å². The predicted molar refractivity (Wildman–Crippen MR) is 48.2 cm³/mol. The third-order valence-electron chi connectivity index (χ3n) is 1.26. The van der Waals surface area contributed by atoms with Crippen molar-refractivity contribution in [2.24, 2.45) is 0 Å². The first-order valence-electron chi connectivity index (χ1n) is 2.91. The van der Waals surface area contributed by atoms with Gasteiger partial charge in [-0.25, -0.2) is 4.98 Å². The van der Waals surface area contributed by atoms with Crippen LogP contribution in [0, 0.1) is 10.6 Å². The zero-order valence-electron chi connectivity index (χ0n) is 5.89. The van der Waals surface area contributed by atoms with Gasteiger partial charge in [-0.3, -0.25) is 0 Å². The van der Waals surface area contributed by atoms with Crippen LogP contribution in [0.25, 0.3) is 0 Å². The zero-order chi connectivity index (χ0) is 7.56. The minimum atomic E-state index is 0.878. The van der Waals surface area contributed by atoms with Gasteiger partial charge in [0, 0.05) is 6.20 Å². The van der Waals surface area contributed by atoms with Crippen LogP contribution in [0.3, 0.4) is 0 Å². The number of ether oxygens (including phenoxy) is 1. The Morgan fingerprint density at radius 3 is 2.70 bits per heavy atom. The van der Waals surface area contributed by atoms with Crippen LogP contribution < -0.4 is 4.74 Å². The summed E-state index contributed by atoms with van der Waals surface area (Å²) in [5.41, 5.74) is 1.13. The maximum absolute atomic E-state index is 5.11. The normalized spacial score (nSPS) is 9.50. The number of hydrogen-bond donors (Lipinski definition) is 0. The van der Waals surface area contributed by atoms with Crippen molar-refractivity contribution in [2.75, 3.05) is 7.11 Å². The van der Waals surface area contributed by atoms with Gasteiger partial charge >= 0.3 is 0 Å². The summed E-state index contributed by atoms with van der Waals surface area (Å²) in [4.78, 5) is 4.07. The summed E-state index contributed by atoms with van der Waals surface area (Å²) in [6.45, 7) is 2.00. The number of methoxy groups -OCH3 is 1. The van der Waals surface area contributed by atoms with Crippen LogP contribution in [0.4, 0.5) is 0 Å². The Kier molecular flexibility index (Phi) is 2.48. The van der Waals surface area contributed by atoms with E-state index < -0.39 is 0 Å². The molecule has 0 radical (unpaired) electrons. The van der Waals surface area contributed by atoms with Gasteiger partial charge in [0.25, 0.3) is 0 Å². The Hall–Kier alpha value is -0.320. The van der Waals surface area contributed by atoms with Crippen LogP contribution in [-0.2, 0) is 0 Å². The Bertz CT molecular complexity index is 217. The lowest BCUT2D eigenvalue weighted by atomic mass is 10.3. The first-order chi connectivity index (χ1) is 4.75. The third kappa shape index (κ3) is 1.39. The lowest BCUT2D eigenvalue weighted by Crippen LogP contribution is -1.92. The van der Waals surface area contributed by atoms with Gasteiger partial charge in [0.1, 0.15) is 3.70 Å². The summed E-state index contributed by atoms with van der Waals surface area (Å²) in [5, 5.41) is 0. The molecule has 0 aromatic carbocycles. The molecule has 0 atom stereocenters. The summed E-state index contributed by atoms with van der Waals surface area (Å²) < 4.78 is 6.02. The summed E-state index contributed by atoms with van der Waals surface area (Å²) in [6.07, 6.45) is 1.78. The van der Waals surface area contributed by atoms with Crippen molar-refractivity contribution < 1.29 is 4.74 Å². The van der Waals surface area contributed by atoms with E-state index >= 15 is 0 Å². The molecule has 54 valence electrons. The largest absolute Gasteiger partial charge is 0.494 e. The minimum absolute atomic E-state index is 0.878. The van der Waals surface area contributed by atoms with E-state index in [1.807, 2.05) is 13.0 Å². The van der Waals surface area contributed by atoms with Crippen molar-refractivity contribution in [2.45, 2.75) is 6.92 Å². The topological polar surface area (TPSA) is 22.1 Å². The Morgan fingerprint density at radius 1 is 1.60 bits per heavy atom. The maximum atomic E-state index is 5.11. The van der Waals surface area contributed by atoms with E-state index in [1.165, 1.54) is 0 Å². The molecular formula is C7H8INO. The monoisotopic (exact) mass is 249 g/mol. The van der Waals surface area contributed by atoms with Crippen molar-refractivity contribution in [3.8, 4) is 5.75 Å². The number of pyridine rings is 1. The van der Waals surface area contributed by atoms with Gasteiger partial charge < -0.3 is 4.74 Å². The van der Waals surface area contributed by atoms with E-state index in [-0.39, 0.29) is 0 Å². The second-order valence-corrected chi connectivity index (χ2v) is 2.97. The number of aromatic nitrogens is 1. The first-order valence-corrected chi connectivity index (χ1v) is 3.98. The van der Waals surface area contributed by atoms with Gasteiger partial charge in [0.2, 0.25) is 0 Å². The number of hydrogen-bond acceptors (Lipinski definition) is 2. The van der Waals surface area contributed by atoms with E-state index in [4.69, 9.17) is 4.74 Å². The third-order valence-corrected chi connectivity index (χ3v) is 2.03. The smallest absolute Gasteiger partial charge is 0.153 e. The van der Waals surface area contributed by atoms with E-state index in [2.05, 4.69) is 27.6 Å². The number of aryl methyl sites for hydroxylation is 1. The number of nitrogens with zero attached hydrogens (tertiary/aromatic N) is 1. The molecule has 1 rings (SSSR count). The molecule has 1 aromatic heterocycles. The molecule has 0 bridgehead atoms. The lowest BCUT2D eigenvalue weighted by molar-refractivity contribution is 0.406. The molecular weight excluding hydrogens is 241 g/mol. The summed E-state index contributed by atoms with van der Waals surface area (Å²) >= 11 is 2.15. The van der Waals surface area contributed by atoms with Crippen LogP contribution in [0.2, 0.25) is 0 Å². The molecule has 1 heterocycles. The zero-order valence-corrected chi connectivity index (χ0v) is 8.05. The van der Waals surface area contributed by atoms with Gasteiger partial charge in [-0.15, -0.1) is 0 Å². The highest BCUT2D eigenvalue weighted by molar-refractivity contribution is 14.1. The van der Waals surface area contributed by atoms with Crippen molar-refractivity contribution in [1.29, 1.82) is 0 Å². The molecule has 0 fully saturated rings. The Morgan fingerprint density at radius 2 is 2.30 bits per heavy atom. The molecule has 1 aromatic rings. The first kappa shape index (κ1) is 7.78. The lowest BCUT2D eigenvalue weighted by Gasteiger charge is -2.03. The van der Waals surface area contributed by atoms with Crippen LogP contribution in [0.5, 0.6) is 5.75 Å². The molecule has 0 aliphatic carbocycles. The highest BCUT2D eigenvalue weighted by Gasteiger charge is 2.01. The van der Waals surface area contributed by atoms with Gasteiger partial charge in [0.05, 0.1) is 7.11 Å². The maximum Gasteiger partial charge on any atom is 0.153 e. The molecule has 3 heteroatoms. The highest BCUT2D eigenvalue weighted by atomic mass is 127. The molecule has 0 amide bonds. The average molecular weight is 249 g/mol. The standard InChI is InChI=1S/C7H8INO/c1-5-3-4-9-7(8)6(5)10-2/h3-4H,1-2H3. The summed E-state index contributed by atoms with van der Waals surface area (Å²) in [5.74, 6) is 0.878. The Labute approximate surface area is 73.8 Å². The number of halogens is 1. The second kappa shape index (κ2) is 3.18. The van der Waals surface area contributed by atoms with Crippen molar-refractivity contribution in [1.82, 2.24) is 4.98 Å². The van der Waals surface area contributed by atoms with Crippen LogP contribution in [0.1, 0.15) is 5.56 Å². The minimum Gasteiger partial charge on any atom is -0.494 e. The van der Waals surface area contributed by atoms with Crippen molar-refractivity contribution in [3.05, 3.63) is 21.5 Å². The van der Waals surface area contributed by atoms with Crippen molar-refractivity contribution >= 4 is 22.6 Å². The second-order valence-electron chi connectivity index (χ2n) is 1.95. The summed E-state index contributed by atoms with van der Waals surface area (Å²) in [7, 11) is 1.66. The van der Waals surface area contributed by atoms with E-state index in [0.29, 0.717) is 0 Å². The highest BCUT2D eigenvalue weighted by Crippen LogP contribution is 2.21. The fourth-order valence-electron chi connectivity index (χ4n) is 0.757. The molecule has 0 saturated heterocycles. The SMILES string of the molecule is COc1c(C)ccnc1I. The van der Waals surface area contributed by atoms with Crippen LogP contribution >= 0.6 is 22.6 Å². The van der Waals surface area contributed by atoms with Gasteiger partial charge in [0.15, 0.2) is 5.75 Å². The van der Waals surface area contributed by atoms with Gasteiger partial charge in [-0.1, -0.05) is 0 Å². The quantitative estimate of drug-likeness (QED) is 0.561. The van der Waals surface area contributed by atoms with E-state index in [1.54, 1.807) is 13.3 Å². The fourth-order valence-corrected chi connectivity index (χ4v) is 1.56. The molecule has 10 heavy (non-hydrogen) atoms. The molecule has 0 saturated carbocycles. The molecule has 2 nitrogen and oxygen atoms in total. The molecule has 0 unspecified atom stereocenters. The molecule has 0 N–H and O–H groups in total. The molecule has 0 aliphatic heterocycles.